The number of nitrogens with one attached hydrogen (secondary N) is 1. The molecule has 4 rings (SSSR count). The molecule has 0 spiro atoms. The lowest BCUT2D eigenvalue weighted by Gasteiger charge is -2.05. The Bertz CT molecular complexity index is 999. The number of furan rings is 1. The van der Waals surface area contributed by atoms with Crippen molar-refractivity contribution < 1.29 is 4.42 Å². The largest absolute Gasteiger partial charge is 0.450 e. The van der Waals surface area contributed by atoms with Gasteiger partial charge in [0.2, 0.25) is 0 Å². The zero-order chi connectivity index (χ0) is 15.3. The van der Waals surface area contributed by atoms with Gasteiger partial charge in [0.15, 0.2) is 11.4 Å². The highest BCUT2D eigenvalue weighted by molar-refractivity contribution is 6.05. The van der Waals surface area contributed by atoms with E-state index in [0.29, 0.717) is 11.4 Å². The second-order valence-electron chi connectivity index (χ2n) is 5.29. The van der Waals surface area contributed by atoms with Gasteiger partial charge in [-0.25, -0.2) is 9.97 Å². The summed E-state index contributed by atoms with van der Waals surface area (Å²) < 4.78 is 7.77. The van der Waals surface area contributed by atoms with Crippen LogP contribution in [0.3, 0.4) is 0 Å². The Kier molecular flexibility index (Phi) is 2.66. The molecular formula is C16H15N5O. The predicted octanol–water partition coefficient (Wildman–Crippen LogP) is 3.47. The number of anilines is 2. The van der Waals surface area contributed by atoms with Gasteiger partial charge in [-0.3, -0.25) is 4.68 Å². The summed E-state index contributed by atoms with van der Waals surface area (Å²) in [6, 6.07) is 7.85. The van der Waals surface area contributed by atoms with Crippen molar-refractivity contribution in [2.75, 3.05) is 5.32 Å². The van der Waals surface area contributed by atoms with Gasteiger partial charge in [0.05, 0.1) is 17.1 Å². The molecule has 6 heteroatoms. The quantitative estimate of drug-likeness (QED) is 0.613. The highest BCUT2D eigenvalue weighted by atomic mass is 16.3. The predicted molar refractivity (Wildman–Crippen MR) is 85.3 cm³/mol. The van der Waals surface area contributed by atoms with Crippen molar-refractivity contribution in [3.8, 4) is 0 Å². The molecule has 0 amide bonds. The van der Waals surface area contributed by atoms with Gasteiger partial charge in [0, 0.05) is 12.4 Å². The third-order valence-corrected chi connectivity index (χ3v) is 3.91. The van der Waals surface area contributed by atoms with Crippen LogP contribution in [0.2, 0.25) is 0 Å². The molecule has 0 aliphatic heterocycles. The first-order chi connectivity index (χ1) is 10.6. The minimum Gasteiger partial charge on any atom is -0.450 e. The van der Waals surface area contributed by atoms with Crippen molar-refractivity contribution in [3.63, 3.8) is 0 Å². The number of fused-ring (bicyclic) bond motifs is 3. The fraction of sp³-hybridized carbons (Fsp3) is 0.188. The first-order valence-electron chi connectivity index (χ1n) is 7.04. The molecule has 3 aromatic heterocycles. The second kappa shape index (κ2) is 4.56. The molecule has 0 atom stereocenters. The average molecular weight is 293 g/mol. The topological polar surface area (TPSA) is 68.8 Å². The zero-order valence-electron chi connectivity index (χ0n) is 12.6. The van der Waals surface area contributed by atoms with E-state index in [-0.39, 0.29) is 0 Å². The van der Waals surface area contributed by atoms with Gasteiger partial charge >= 0.3 is 0 Å². The van der Waals surface area contributed by atoms with Crippen molar-refractivity contribution in [1.82, 2.24) is 19.7 Å². The van der Waals surface area contributed by atoms with Gasteiger partial charge in [-0.2, -0.15) is 5.10 Å². The maximum Gasteiger partial charge on any atom is 0.196 e. The van der Waals surface area contributed by atoms with E-state index in [1.165, 1.54) is 0 Å². The Morgan fingerprint density at radius 3 is 2.73 bits per heavy atom. The summed E-state index contributed by atoms with van der Waals surface area (Å²) >= 11 is 0. The Morgan fingerprint density at radius 2 is 1.95 bits per heavy atom. The minimum absolute atomic E-state index is 0.653. The van der Waals surface area contributed by atoms with Gasteiger partial charge in [0.25, 0.3) is 0 Å². The van der Waals surface area contributed by atoms with Crippen molar-refractivity contribution in [1.29, 1.82) is 0 Å². The molecule has 1 aromatic carbocycles. The molecule has 0 radical (unpaired) electrons. The molecule has 110 valence electrons. The van der Waals surface area contributed by atoms with Crippen LogP contribution in [-0.4, -0.2) is 19.7 Å². The third-order valence-electron chi connectivity index (χ3n) is 3.91. The molecule has 0 unspecified atom stereocenters. The lowest BCUT2D eigenvalue weighted by molar-refractivity contribution is 0.667. The summed E-state index contributed by atoms with van der Waals surface area (Å²) in [5.74, 6) is 0.653. The van der Waals surface area contributed by atoms with Crippen molar-refractivity contribution in [2.24, 2.45) is 7.05 Å². The summed E-state index contributed by atoms with van der Waals surface area (Å²) in [6.07, 6.45) is 1.55. The van der Waals surface area contributed by atoms with Gasteiger partial charge in [-0.1, -0.05) is 12.1 Å². The molecule has 4 aromatic rings. The van der Waals surface area contributed by atoms with Gasteiger partial charge in [-0.05, 0) is 26.0 Å². The van der Waals surface area contributed by atoms with E-state index in [2.05, 4.69) is 20.4 Å². The highest BCUT2D eigenvalue weighted by Crippen LogP contribution is 2.32. The molecule has 0 bridgehead atoms. The molecule has 0 saturated carbocycles. The van der Waals surface area contributed by atoms with E-state index in [1.54, 1.807) is 6.33 Å². The third kappa shape index (κ3) is 1.77. The molecule has 1 N–H and O–H groups in total. The fourth-order valence-corrected chi connectivity index (χ4v) is 2.69. The standard InChI is InChI=1S/C16H15N5O/c1-9-13(10(2)21(3)20-9)19-16-15-14(17-8-18-16)11-6-4-5-7-12(11)22-15/h4-8H,1-3H3,(H,17,18,19). The van der Waals surface area contributed by atoms with Crippen LogP contribution in [0.25, 0.3) is 22.1 Å². The molecule has 3 heterocycles. The zero-order valence-corrected chi connectivity index (χ0v) is 12.6. The smallest absolute Gasteiger partial charge is 0.196 e. The Hall–Kier alpha value is -2.89. The number of aryl methyl sites for hydroxylation is 2. The number of hydrogen-bond donors (Lipinski definition) is 1. The summed E-state index contributed by atoms with van der Waals surface area (Å²) in [4.78, 5) is 8.69. The Labute approximate surface area is 126 Å². The molecule has 0 fully saturated rings. The first-order valence-corrected chi connectivity index (χ1v) is 7.04. The van der Waals surface area contributed by atoms with E-state index in [4.69, 9.17) is 4.42 Å². The summed E-state index contributed by atoms with van der Waals surface area (Å²) in [7, 11) is 1.92. The van der Waals surface area contributed by atoms with Crippen LogP contribution in [0.15, 0.2) is 35.0 Å². The lowest BCUT2D eigenvalue weighted by atomic mass is 10.2. The van der Waals surface area contributed by atoms with E-state index in [9.17, 15) is 0 Å². The van der Waals surface area contributed by atoms with Gasteiger partial charge in [0.1, 0.15) is 17.4 Å². The fourth-order valence-electron chi connectivity index (χ4n) is 2.69. The number of hydrogen-bond acceptors (Lipinski definition) is 5. The minimum atomic E-state index is 0.653. The molecule has 0 aliphatic rings. The SMILES string of the molecule is Cc1nn(C)c(C)c1Nc1ncnc2c1oc1ccccc12. The van der Waals surface area contributed by atoms with E-state index in [1.807, 2.05) is 49.8 Å². The van der Waals surface area contributed by atoms with E-state index < -0.39 is 0 Å². The Balaban J connectivity index is 1.92. The lowest BCUT2D eigenvalue weighted by Crippen LogP contribution is -1.98. The van der Waals surface area contributed by atoms with Gasteiger partial charge in [-0.15, -0.1) is 0 Å². The van der Waals surface area contributed by atoms with Crippen molar-refractivity contribution in [3.05, 3.63) is 42.0 Å². The van der Waals surface area contributed by atoms with Crippen LogP contribution in [0, 0.1) is 13.8 Å². The normalized spacial score (nSPS) is 11.4. The molecular weight excluding hydrogens is 278 g/mol. The number of aromatic nitrogens is 4. The van der Waals surface area contributed by atoms with E-state index >= 15 is 0 Å². The average Bonchev–Trinajstić information content (AvgIpc) is 3.01. The molecule has 6 nitrogen and oxygen atoms in total. The van der Waals surface area contributed by atoms with Crippen LogP contribution in [0.1, 0.15) is 11.4 Å². The monoisotopic (exact) mass is 293 g/mol. The summed E-state index contributed by atoms with van der Waals surface area (Å²) in [6.45, 7) is 3.98. The molecule has 22 heavy (non-hydrogen) atoms. The van der Waals surface area contributed by atoms with Gasteiger partial charge < -0.3 is 9.73 Å². The first kappa shape index (κ1) is 12.8. The van der Waals surface area contributed by atoms with Crippen LogP contribution in [0.5, 0.6) is 0 Å². The second-order valence-corrected chi connectivity index (χ2v) is 5.29. The number of para-hydroxylation sites is 1. The summed E-state index contributed by atoms with van der Waals surface area (Å²) in [5, 5.41) is 8.74. The molecule has 0 saturated heterocycles. The number of rotatable bonds is 2. The molecule has 0 aliphatic carbocycles. The van der Waals surface area contributed by atoms with Crippen LogP contribution in [-0.2, 0) is 7.05 Å². The Morgan fingerprint density at radius 1 is 1.14 bits per heavy atom. The van der Waals surface area contributed by atoms with Crippen molar-refractivity contribution in [2.45, 2.75) is 13.8 Å². The van der Waals surface area contributed by atoms with E-state index in [0.717, 1.165) is 33.6 Å². The van der Waals surface area contributed by atoms with Crippen LogP contribution < -0.4 is 5.32 Å². The van der Waals surface area contributed by atoms with Crippen molar-refractivity contribution >= 4 is 33.6 Å². The highest BCUT2D eigenvalue weighted by Gasteiger charge is 2.16. The maximum atomic E-state index is 5.93. The van der Waals surface area contributed by atoms with Crippen LogP contribution >= 0.6 is 0 Å². The van der Waals surface area contributed by atoms with Crippen LogP contribution in [0.4, 0.5) is 11.5 Å². The maximum absolute atomic E-state index is 5.93. The summed E-state index contributed by atoms with van der Waals surface area (Å²) in [5.41, 5.74) is 5.19. The number of nitrogens with zero attached hydrogens (tertiary/aromatic N) is 4. The number of benzene rings is 1.